The van der Waals surface area contributed by atoms with Crippen LogP contribution in [-0.4, -0.2) is 30.6 Å². The Hall–Kier alpha value is -2.06. The lowest BCUT2D eigenvalue weighted by Gasteiger charge is -2.20. The van der Waals surface area contributed by atoms with Crippen LogP contribution < -0.4 is 15.4 Å². The van der Waals surface area contributed by atoms with Gasteiger partial charge in [0.15, 0.2) is 5.13 Å². The Kier molecular flexibility index (Phi) is 5.93. The number of amides is 1. The Bertz CT molecular complexity index is 717. The molecule has 1 aliphatic heterocycles. The van der Waals surface area contributed by atoms with Crippen molar-refractivity contribution in [3.8, 4) is 5.75 Å². The second-order valence-corrected chi connectivity index (χ2v) is 6.87. The number of anilines is 1. The van der Waals surface area contributed by atoms with E-state index in [4.69, 9.17) is 0 Å². The van der Waals surface area contributed by atoms with Crippen molar-refractivity contribution in [1.29, 1.82) is 0 Å². The number of aromatic nitrogens is 1. The smallest absolute Gasteiger partial charge is 0.387 e. The Balaban J connectivity index is 1.60. The van der Waals surface area contributed by atoms with Crippen LogP contribution in [0.3, 0.4) is 0 Å². The molecule has 0 atom stereocenters. The molecule has 134 valence electrons. The van der Waals surface area contributed by atoms with Crippen molar-refractivity contribution in [2.45, 2.75) is 31.8 Å². The second-order valence-electron chi connectivity index (χ2n) is 5.80. The number of hydrogen-bond acceptors (Lipinski definition) is 5. The lowest BCUT2D eigenvalue weighted by molar-refractivity contribution is -0.115. The first-order valence-electron chi connectivity index (χ1n) is 8.11. The van der Waals surface area contributed by atoms with E-state index in [0.717, 1.165) is 25.9 Å². The van der Waals surface area contributed by atoms with Gasteiger partial charge in [0.05, 0.1) is 6.42 Å². The van der Waals surface area contributed by atoms with Gasteiger partial charge in [-0.25, -0.2) is 4.98 Å². The molecule has 1 aromatic heterocycles. The molecule has 0 saturated carbocycles. The quantitative estimate of drug-likeness (QED) is 0.822. The number of hydrogen-bond donors (Lipinski definition) is 2. The van der Waals surface area contributed by atoms with Gasteiger partial charge in [0.1, 0.15) is 5.75 Å². The molecule has 1 aromatic carbocycles. The zero-order chi connectivity index (χ0) is 17.6. The fraction of sp³-hybridized carbons (Fsp3) is 0.412. The third kappa shape index (κ3) is 4.96. The summed E-state index contributed by atoms with van der Waals surface area (Å²) in [7, 11) is 0. The SMILES string of the molecule is O=C(Cc1ccccc1OC(F)F)Nc1ncc(C2CCNCC2)s1. The van der Waals surface area contributed by atoms with Crippen LogP contribution in [0.25, 0.3) is 0 Å². The number of carbonyl (C=O) groups is 1. The Labute approximate surface area is 148 Å². The number of alkyl halides is 2. The molecule has 2 heterocycles. The van der Waals surface area contributed by atoms with E-state index >= 15 is 0 Å². The molecule has 1 fully saturated rings. The first kappa shape index (κ1) is 17.8. The maximum atomic E-state index is 12.4. The standard InChI is InChI=1S/C17H19F2N3O2S/c18-16(19)24-13-4-2-1-3-12(13)9-15(23)22-17-21-10-14(25-17)11-5-7-20-8-6-11/h1-4,10-11,16,20H,5-9H2,(H,21,22,23). The zero-order valence-electron chi connectivity index (χ0n) is 13.5. The van der Waals surface area contributed by atoms with E-state index in [2.05, 4.69) is 20.4 Å². The lowest BCUT2D eigenvalue weighted by atomic mass is 9.97. The van der Waals surface area contributed by atoms with Gasteiger partial charge >= 0.3 is 6.61 Å². The summed E-state index contributed by atoms with van der Waals surface area (Å²) < 4.78 is 29.3. The minimum absolute atomic E-state index is 0.0159. The van der Waals surface area contributed by atoms with Crippen molar-refractivity contribution in [2.24, 2.45) is 0 Å². The number of nitrogens with one attached hydrogen (secondary N) is 2. The fourth-order valence-electron chi connectivity index (χ4n) is 2.84. The zero-order valence-corrected chi connectivity index (χ0v) is 14.3. The molecular weight excluding hydrogens is 348 g/mol. The van der Waals surface area contributed by atoms with Gasteiger partial charge in [0, 0.05) is 16.6 Å². The summed E-state index contributed by atoms with van der Waals surface area (Å²) in [6.07, 6.45) is 3.89. The first-order valence-corrected chi connectivity index (χ1v) is 8.92. The largest absolute Gasteiger partial charge is 0.435 e. The van der Waals surface area contributed by atoms with Crippen molar-refractivity contribution >= 4 is 22.4 Å². The van der Waals surface area contributed by atoms with Crippen LogP contribution in [0.15, 0.2) is 30.5 Å². The van der Waals surface area contributed by atoms with E-state index < -0.39 is 6.61 Å². The van der Waals surface area contributed by atoms with Gasteiger partial charge in [0.25, 0.3) is 0 Å². The van der Waals surface area contributed by atoms with Crippen molar-refractivity contribution in [2.75, 3.05) is 18.4 Å². The predicted octanol–water partition coefficient (Wildman–Crippen LogP) is 3.39. The molecule has 3 rings (SSSR count). The van der Waals surface area contributed by atoms with Crippen LogP contribution in [-0.2, 0) is 11.2 Å². The number of benzene rings is 1. The molecule has 1 amide bonds. The average molecular weight is 367 g/mol. The maximum Gasteiger partial charge on any atom is 0.387 e. The van der Waals surface area contributed by atoms with Crippen LogP contribution >= 0.6 is 11.3 Å². The van der Waals surface area contributed by atoms with Gasteiger partial charge in [-0.05, 0) is 37.9 Å². The summed E-state index contributed by atoms with van der Waals surface area (Å²) >= 11 is 1.47. The molecule has 0 radical (unpaired) electrons. The highest BCUT2D eigenvalue weighted by molar-refractivity contribution is 7.15. The van der Waals surface area contributed by atoms with Gasteiger partial charge < -0.3 is 15.4 Å². The molecule has 0 bridgehead atoms. The molecule has 8 heteroatoms. The van der Waals surface area contributed by atoms with Gasteiger partial charge in [-0.3, -0.25) is 4.79 Å². The van der Waals surface area contributed by atoms with E-state index in [-0.39, 0.29) is 18.1 Å². The topological polar surface area (TPSA) is 63.2 Å². The third-order valence-electron chi connectivity index (χ3n) is 4.05. The highest BCUT2D eigenvalue weighted by atomic mass is 32.1. The Morgan fingerprint density at radius 3 is 2.88 bits per heavy atom. The summed E-state index contributed by atoms with van der Waals surface area (Å²) in [6.45, 7) is -0.938. The summed E-state index contributed by atoms with van der Waals surface area (Å²) in [5.41, 5.74) is 0.412. The number of para-hydroxylation sites is 1. The molecule has 1 saturated heterocycles. The van der Waals surface area contributed by atoms with Crippen LogP contribution in [0.2, 0.25) is 0 Å². The molecular formula is C17H19F2N3O2S. The minimum atomic E-state index is -2.92. The van der Waals surface area contributed by atoms with Crippen LogP contribution in [0.1, 0.15) is 29.2 Å². The van der Waals surface area contributed by atoms with Crippen molar-refractivity contribution < 1.29 is 18.3 Å². The normalized spacial score (nSPS) is 15.3. The number of nitrogens with zero attached hydrogens (tertiary/aromatic N) is 1. The van der Waals surface area contributed by atoms with Gasteiger partial charge in [0.2, 0.25) is 5.91 Å². The number of thiazole rings is 1. The highest BCUT2D eigenvalue weighted by Crippen LogP contribution is 2.31. The molecule has 25 heavy (non-hydrogen) atoms. The Morgan fingerprint density at radius 2 is 2.12 bits per heavy atom. The Morgan fingerprint density at radius 1 is 1.36 bits per heavy atom. The van der Waals surface area contributed by atoms with Crippen LogP contribution in [0.4, 0.5) is 13.9 Å². The van der Waals surface area contributed by atoms with Crippen molar-refractivity contribution in [3.63, 3.8) is 0 Å². The van der Waals surface area contributed by atoms with Crippen LogP contribution in [0, 0.1) is 0 Å². The van der Waals surface area contributed by atoms with Gasteiger partial charge in [-0.1, -0.05) is 18.2 Å². The molecule has 0 unspecified atom stereocenters. The van der Waals surface area contributed by atoms with Crippen molar-refractivity contribution in [1.82, 2.24) is 10.3 Å². The fourth-order valence-corrected chi connectivity index (χ4v) is 3.84. The summed E-state index contributed by atoms with van der Waals surface area (Å²) in [6, 6.07) is 6.29. The van der Waals surface area contributed by atoms with E-state index in [0.29, 0.717) is 16.6 Å². The maximum absolute atomic E-state index is 12.4. The molecule has 2 aromatic rings. The van der Waals surface area contributed by atoms with Crippen molar-refractivity contribution in [3.05, 3.63) is 40.9 Å². The van der Waals surface area contributed by atoms with E-state index in [1.165, 1.54) is 22.3 Å². The first-order chi connectivity index (χ1) is 12.1. The summed E-state index contributed by atoms with van der Waals surface area (Å²) in [5, 5.41) is 6.59. The number of carbonyl (C=O) groups excluding carboxylic acids is 1. The number of halogens is 2. The van der Waals surface area contributed by atoms with Gasteiger partial charge in [-0.2, -0.15) is 8.78 Å². The molecule has 0 aliphatic carbocycles. The minimum Gasteiger partial charge on any atom is -0.435 e. The van der Waals surface area contributed by atoms with Gasteiger partial charge in [-0.15, -0.1) is 11.3 Å². The average Bonchev–Trinajstić information content (AvgIpc) is 3.05. The highest BCUT2D eigenvalue weighted by Gasteiger charge is 2.19. The number of rotatable bonds is 6. The van der Waals surface area contributed by atoms with E-state index in [1.54, 1.807) is 18.2 Å². The molecule has 2 N–H and O–H groups in total. The van der Waals surface area contributed by atoms with E-state index in [1.807, 2.05) is 6.20 Å². The summed E-state index contributed by atoms with van der Waals surface area (Å²) in [5.74, 6) is 0.184. The van der Waals surface area contributed by atoms with E-state index in [9.17, 15) is 13.6 Å². The lowest BCUT2D eigenvalue weighted by Crippen LogP contribution is -2.26. The monoisotopic (exact) mass is 367 g/mol. The predicted molar refractivity (Wildman–Crippen MR) is 92.4 cm³/mol. The second kappa shape index (κ2) is 8.35. The molecule has 5 nitrogen and oxygen atoms in total. The third-order valence-corrected chi connectivity index (χ3v) is 5.13. The summed E-state index contributed by atoms with van der Waals surface area (Å²) in [4.78, 5) is 17.6. The molecule has 1 aliphatic rings. The van der Waals surface area contributed by atoms with Crippen LogP contribution in [0.5, 0.6) is 5.75 Å². The molecule has 0 spiro atoms. The number of ether oxygens (including phenoxy) is 1. The number of piperidine rings is 1.